The van der Waals surface area contributed by atoms with Crippen molar-refractivity contribution < 1.29 is 19.1 Å². The number of aryl methyl sites for hydroxylation is 2. The second-order valence-corrected chi connectivity index (χ2v) is 7.58. The molecular weight excluding hydrogens is 320 g/mol. The Balaban J connectivity index is 2.14. The highest BCUT2D eigenvalue weighted by Gasteiger charge is 2.36. The fourth-order valence-corrected chi connectivity index (χ4v) is 2.89. The smallest absolute Gasteiger partial charge is 0.411 e. The van der Waals surface area contributed by atoms with Crippen molar-refractivity contribution in [2.24, 2.45) is 0 Å². The number of nitrogens with two attached hydrogens (primary N) is 1. The summed E-state index contributed by atoms with van der Waals surface area (Å²) in [4.78, 5) is 26.5. The fourth-order valence-electron chi connectivity index (χ4n) is 2.89. The molecule has 6 heteroatoms. The van der Waals surface area contributed by atoms with Crippen LogP contribution in [0.2, 0.25) is 0 Å². The van der Waals surface area contributed by atoms with Gasteiger partial charge in [0.05, 0.1) is 0 Å². The quantitative estimate of drug-likeness (QED) is 0.502. The molecule has 1 heterocycles. The Bertz CT molecular complexity index is 641. The molecule has 1 aliphatic rings. The highest BCUT2D eigenvalue weighted by Crippen LogP contribution is 2.26. The van der Waals surface area contributed by atoms with Crippen molar-refractivity contribution in [2.75, 3.05) is 12.3 Å². The van der Waals surface area contributed by atoms with Gasteiger partial charge in [0.1, 0.15) is 17.4 Å². The van der Waals surface area contributed by atoms with Gasteiger partial charge in [0.25, 0.3) is 0 Å². The maximum absolute atomic E-state index is 12.7. The van der Waals surface area contributed by atoms with Gasteiger partial charge in [0.2, 0.25) is 0 Å². The van der Waals surface area contributed by atoms with Crippen LogP contribution in [0.15, 0.2) is 12.1 Å². The molecule has 0 aliphatic carbocycles. The van der Waals surface area contributed by atoms with Crippen molar-refractivity contribution in [3.05, 3.63) is 23.3 Å². The van der Waals surface area contributed by atoms with Gasteiger partial charge in [-0.2, -0.15) is 0 Å². The van der Waals surface area contributed by atoms with Crippen LogP contribution in [0.1, 0.15) is 51.2 Å². The zero-order chi connectivity index (χ0) is 18.8. The minimum Gasteiger partial charge on any atom is -0.444 e. The number of nitrogen functional groups attached to an aromatic ring is 1. The lowest BCUT2D eigenvalue weighted by molar-refractivity contribution is -0.141. The number of anilines is 1. The van der Waals surface area contributed by atoms with Crippen LogP contribution in [-0.4, -0.2) is 35.2 Å². The number of nitrogens with zero attached hydrogens (tertiary/aromatic N) is 1. The molecule has 0 radical (unpaired) electrons. The van der Waals surface area contributed by atoms with Gasteiger partial charge in [0.15, 0.2) is 0 Å². The van der Waals surface area contributed by atoms with Crippen LogP contribution >= 0.6 is 0 Å². The number of hydrogen-bond donors (Lipinski definition) is 1. The van der Waals surface area contributed by atoms with Gasteiger partial charge in [-0.05, 0) is 77.1 Å². The molecule has 2 rings (SSSR count). The zero-order valence-corrected chi connectivity index (χ0v) is 15.7. The Hall–Kier alpha value is -2.24. The minimum absolute atomic E-state index is 0.436. The van der Waals surface area contributed by atoms with Crippen LogP contribution in [0.3, 0.4) is 0 Å². The number of benzene rings is 1. The molecule has 1 aliphatic heterocycles. The second-order valence-electron chi connectivity index (χ2n) is 7.58. The average molecular weight is 348 g/mol. The molecule has 138 valence electrons. The van der Waals surface area contributed by atoms with E-state index < -0.39 is 23.7 Å². The summed E-state index contributed by atoms with van der Waals surface area (Å²) in [5.41, 5.74) is 7.73. The van der Waals surface area contributed by atoms with Crippen molar-refractivity contribution in [1.82, 2.24) is 4.90 Å². The number of amides is 1. The molecule has 1 fully saturated rings. The molecule has 0 aromatic heterocycles. The molecule has 0 spiro atoms. The number of rotatable bonds is 2. The molecule has 1 atom stereocenters. The third-order valence-electron chi connectivity index (χ3n) is 4.19. The maximum atomic E-state index is 12.7. The first-order valence-corrected chi connectivity index (χ1v) is 8.66. The lowest BCUT2D eigenvalue weighted by Crippen LogP contribution is -2.51. The van der Waals surface area contributed by atoms with Crippen LogP contribution < -0.4 is 10.5 Å². The monoisotopic (exact) mass is 348 g/mol. The zero-order valence-electron chi connectivity index (χ0n) is 15.7. The first-order chi connectivity index (χ1) is 11.6. The molecule has 6 nitrogen and oxygen atoms in total. The fraction of sp³-hybridized carbons (Fsp3) is 0.579. The Morgan fingerprint density at radius 1 is 1.16 bits per heavy atom. The van der Waals surface area contributed by atoms with E-state index in [0.29, 0.717) is 24.4 Å². The Kier molecular flexibility index (Phi) is 5.60. The van der Waals surface area contributed by atoms with E-state index in [9.17, 15) is 9.59 Å². The van der Waals surface area contributed by atoms with Gasteiger partial charge in [-0.25, -0.2) is 9.59 Å². The Morgan fingerprint density at radius 3 is 2.32 bits per heavy atom. The summed E-state index contributed by atoms with van der Waals surface area (Å²) in [5, 5.41) is 0. The summed E-state index contributed by atoms with van der Waals surface area (Å²) in [6, 6.07) is 2.85. The van der Waals surface area contributed by atoms with Crippen molar-refractivity contribution in [3.63, 3.8) is 0 Å². The SMILES string of the molecule is Cc1cc(OC(=O)C2CCCCN2C(=O)OC(C)(C)C)cc(C)c1N. The standard InChI is InChI=1S/C19H28N2O4/c1-12-10-14(11-13(2)16(12)20)24-17(22)15-8-6-7-9-21(15)18(23)25-19(3,4)5/h10-11,15H,6-9,20H2,1-5H3. The lowest BCUT2D eigenvalue weighted by atomic mass is 10.0. The summed E-state index contributed by atoms with van der Waals surface area (Å²) >= 11 is 0. The van der Waals surface area contributed by atoms with Crippen LogP contribution in [0.4, 0.5) is 10.5 Å². The third-order valence-corrected chi connectivity index (χ3v) is 4.19. The van der Waals surface area contributed by atoms with E-state index in [2.05, 4.69) is 0 Å². The van der Waals surface area contributed by atoms with Gasteiger partial charge in [0, 0.05) is 12.2 Å². The van der Waals surface area contributed by atoms with Crippen LogP contribution in [-0.2, 0) is 9.53 Å². The van der Waals surface area contributed by atoms with Crippen LogP contribution in [0.25, 0.3) is 0 Å². The van der Waals surface area contributed by atoms with Gasteiger partial charge in [-0.15, -0.1) is 0 Å². The van der Waals surface area contributed by atoms with Gasteiger partial charge >= 0.3 is 12.1 Å². The van der Waals surface area contributed by atoms with Crippen molar-refractivity contribution in [3.8, 4) is 5.75 Å². The highest BCUT2D eigenvalue weighted by molar-refractivity contribution is 5.83. The highest BCUT2D eigenvalue weighted by atomic mass is 16.6. The summed E-state index contributed by atoms with van der Waals surface area (Å²) < 4.78 is 11.0. The van der Waals surface area contributed by atoms with Crippen molar-refractivity contribution in [2.45, 2.75) is 65.5 Å². The number of carbonyl (C=O) groups excluding carboxylic acids is 2. The summed E-state index contributed by atoms with van der Waals surface area (Å²) in [6.45, 7) is 9.65. The molecule has 1 aromatic rings. The second kappa shape index (κ2) is 7.33. The molecule has 1 aromatic carbocycles. The summed E-state index contributed by atoms with van der Waals surface area (Å²) in [5.74, 6) is 0.0121. The van der Waals surface area contributed by atoms with E-state index in [1.807, 2.05) is 34.6 Å². The normalized spacial score (nSPS) is 18.0. The Labute approximate surface area is 149 Å². The van der Waals surface area contributed by atoms with Crippen molar-refractivity contribution in [1.29, 1.82) is 0 Å². The van der Waals surface area contributed by atoms with Crippen LogP contribution in [0.5, 0.6) is 5.75 Å². The first kappa shape index (κ1) is 19.1. The Morgan fingerprint density at radius 2 is 1.76 bits per heavy atom. The van der Waals surface area contributed by atoms with E-state index in [4.69, 9.17) is 15.2 Å². The van der Waals surface area contributed by atoms with E-state index >= 15 is 0 Å². The topological polar surface area (TPSA) is 81.9 Å². The van der Waals surface area contributed by atoms with Gasteiger partial charge < -0.3 is 15.2 Å². The summed E-state index contributed by atoms with van der Waals surface area (Å²) in [7, 11) is 0. The molecule has 0 saturated carbocycles. The van der Waals surface area contributed by atoms with Gasteiger partial charge in [-0.1, -0.05) is 0 Å². The minimum atomic E-state index is -0.623. The number of hydrogen-bond acceptors (Lipinski definition) is 5. The van der Waals surface area contributed by atoms with E-state index in [0.717, 1.165) is 24.0 Å². The number of piperidine rings is 1. The third kappa shape index (κ3) is 4.87. The molecule has 0 bridgehead atoms. The maximum Gasteiger partial charge on any atom is 0.411 e. The molecule has 25 heavy (non-hydrogen) atoms. The van der Waals surface area contributed by atoms with Crippen molar-refractivity contribution >= 4 is 17.7 Å². The average Bonchev–Trinajstić information content (AvgIpc) is 2.50. The summed E-state index contributed by atoms with van der Waals surface area (Å²) in [6.07, 6.45) is 1.83. The molecule has 1 amide bonds. The predicted octanol–water partition coefficient (Wildman–Crippen LogP) is 3.58. The molecule has 2 N–H and O–H groups in total. The number of carbonyl (C=O) groups is 2. The first-order valence-electron chi connectivity index (χ1n) is 8.66. The lowest BCUT2D eigenvalue weighted by Gasteiger charge is -2.35. The molecule has 1 saturated heterocycles. The molecular formula is C19H28N2O4. The van der Waals surface area contributed by atoms with Crippen LogP contribution in [0, 0.1) is 13.8 Å². The van der Waals surface area contributed by atoms with E-state index in [1.54, 1.807) is 12.1 Å². The molecule has 1 unspecified atom stereocenters. The van der Waals surface area contributed by atoms with Gasteiger partial charge in [-0.3, -0.25) is 4.90 Å². The number of esters is 1. The van der Waals surface area contributed by atoms with E-state index in [1.165, 1.54) is 4.90 Å². The number of likely N-dealkylation sites (tertiary alicyclic amines) is 1. The number of ether oxygens (including phenoxy) is 2. The largest absolute Gasteiger partial charge is 0.444 e. The predicted molar refractivity (Wildman–Crippen MR) is 96.5 cm³/mol. The van der Waals surface area contributed by atoms with E-state index in [-0.39, 0.29) is 0 Å².